The van der Waals surface area contributed by atoms with Crippen molar-refractivity contribution in [2.75, 3.05) is 27.4 Å². The summed E-state index contributed by atoms with van der Waals surface area (Å²) < 4.78 is 56.7. The first-order valence-electron chi connectivity index (χ1n) is 6.84. The summed E-state index contributed by atoms with van der Waals surface area (Å²) in [6.07, 6.45) is 0. The first-order valence-corrected chi connectivity index (χ1v) is 6.84. The number of carbonyl (C=O) groups is 1. The van der Waals surface area contributed by atoms with Crippen LogP contribution >= 0.6 is 0 Å². The number of hydrogen-bond donors (Lipinski definition) is 0. The van der Waals surface area contributed by atoms with Crippen molar-refractivity contribution in [2.45, 2.75) is 0 Å². The standard InChI is InChI=1S/C16H14F3NO4/c1-22-5-6-24-9-7-11(18)14(12(19)8-9)15-10(17)3-4-13(20-15)16(21)23-2/h3-4,7-8H,5-6H2,1-2H3. The van der Waals surface area contributed by atoms with Crippen LogP contribution in [0.25, 0.3) is 11.3 Å². The van der Waals surface area contributed by atoms with Crippen LogP contribution in [-0.4, -0.2) is 38.4 Å². The molecule has 2 rings (SSSR count). The summed E-state index contributed by atoms with van der Waals surface area (Å²) in [5.41, 5.74) is -1.60. The van der Waals surface area contributed by atoms with Gasteiger partial charge in [0.25, 0.3) is 0 Å². The number of benzene rings is 1. The molecule has 0 saturated carbocycles. The van der Waals surface area contributed by atoms with E-state index in [1.807, 2.05) is 0 Å². The average molecular weight is 341 g/mol. The Balaban J connectivity index is 2.43. The number of nitrogens with zero attached hydrogens (tertiary/aromatic N) is 1. The lowest BCUT2D eigenvalue weighted by Gasteiger charge is -2.10. The number of rotatable bonds is 6. The Bertz CT molecular complexity index is 729. The Labute approximate surface area is 136 Å². The molecule has 0 aliphatic carbocycles. The summed E-state index contributed by atoms with van der Waals surface area (Å²) in [6.45, 7) is 0.335. The van der Waals surface area contributed by atoms with Crippen LogP contribution in [0.1, 0.15) is 10.5 Å². The number of pyridine rings is 1. The molecule has 2 aromatic rings. The first-order chi connectivity index (χ1) is 11.5. The number of carbonyl (C=O) groups excluding carboxylic acids is 1. The molecule has 0 amide bonds. The van der Waals surface area contributed by atoms with Gasteiger partial charge in [-0.2, -0.15) is 0 Å². The van der Waals surface area contributed by atoms with Crippen molar-refractivity contribution in [1.29, 1.82) is 0 Å². The zero-order valence-electron chi connectivity index (χ0n) is 12.9. The van der Waals surface area contributed by atoms with E-state index in [1.54, 1.807) is 0 Å². The van der Waals surface area contributed by atoms with Crippen molar-refractivity contribution in [1.82, 2.24) is 4.98 Å². The van der Waals surface area contributed by atoms with Gasteiger partial charge in [-0.05, 0) is 12.1 Å². The van der Waals surface area contributed by atoms with E-state index in [0.29, 0.717) is 0 Å². The first kappa shape index (κ1) is 17.7. The monoisotopic (exact) mass is 341 g/mol. The lowest BCUT2D eigenvalue weighted by atomic mass is 10.1. The van der Waals surface area contributed by atoms with E-state index in [-0.39, 0.29) is 24.7 Å². The van der Waals surface area contributed by atoms with Gasteiger partial charge in [-0.15, -0.1) is 0 Å². The quantitative estimate of drug-likeness (QED) is 0.597. The molecule has 0 fully saturated rings. The maximum Gasteiger partial charge on any atom is 0.356 e. The normalized spacial score (nSPS) is 10.5. The van der Waals surface area contributed by atoms with Crippen molar-refractivity contribution >= 4 is 5.97 Å². The lowest BCUT2D eigenvalue weighted by Crippen LogP contribution is -2.08. The fourth-order valence-corrected chi connectivity index (χ4v) is 1.94. The van der Waals surface area contributed by atoms with Gasteiger partial charge >= 0.3 is 5.97 Å². The second-order valence-corrected chi connectivity index (χ2v) is 4.62. The molecule has 0 radical (unpaired) electrons. The van der Waals surface area contributed by atoms with Crippen LogP contribution in [0.2, 0.25) is 0 Å². The number of hydrogen-bond acceptors (Lipinski definition) is 5. The highest BCUT2D eigenvalue weighted by Crippen LogP contribution is 2.30. The molecular formula is C16H14F3NO4. The van der Waals surface area contributed by atoms with Crippen molar-refractivity contribution in [3.63, 3.8) is 0 Å². The molecule has 0 aliphatic rings. The minimum atomic E-state index is -1.07. The molecule has 0 N–H and O–H groups in total. The van der Waals surface area contributed by atoms with Crippen LogP contribution in [0.5, 0.6) is 5.75 Å². The molecule has 0 spiro atoms. The number of halogens is 3. The molecule has 8 heteroatoms. The Morgan fingerprint density at radius 1 is 1.04 bits per heavy atom. The summed E-state index contributed by atoms with van der Waals surface area (Å²) in [5.74, 6) is -4.05. The zero-order valence-corrected chi connectivity index (χ0v) is 12.9. The molecule has 1 heterocycles. The minimum absolute atomic E-state index is 0.0738. The third-order valence-corrected chi connectivity index (χ3v) is 3.05. The third kappa shape index (κ3) is 3.83. The van der Waals surface area contributed by atoms with Gasteiger partial charge in [0, 0.05) is 19.2 Å². The van der Waals surface area contributed by atoms with Gasteiger partial charge in [0.1, 0.15) is 41.2 Å². The molecule has 5 nitrogen and oxygen atoms in total. The van der Waals surface area contributed by atoms with Crippen molar-refractivity contribution in [3.05, 3.63) is 47.4 Å². The average Bonchev–Trinajstić information content (AvgIpc) is 2.55. The fourth-order valence-electron chi connectivity index (χ4n) is 1.94. The van der Waals surface area contributed by atoms with Gasteiger partial charge in [0.15, 0.2) is 0 Å². The van der Waals surface area contributed by atoms with Gasteiger partial charge < -0.3 is 14.2 Å². The van der Waals surface area contributed by atoms with Crippen molar-refractivity contribution in [3.8, 4) is 17.0 Å². The van der Waals surface area contributed by atoms with E-state index in [1.165, 1.54) is 7.11 Å². The number of esters is 1. The second-order valence-electron chi connectivity index (χ2n) is 4.62. The van der Waals surface area contributed by atoms with Crippen LogP contribution in [0, 0.1) is 17.5 Å². The van der Waals surface area contributed by atoms with Crippen LogP contribution in [0.4, 0.5) is 13.2 Å². The largest absolute Gasteiger partial charge is 0.491 e. The van der Waals surface area contributed by atoms with Crippen molar-refractivity contribution in [2.24, 2.45) is 0 Å². The van der Waals surface area contributed by atoms with Crippen molar-refractivity contribution < 1.29 is 32.2 Å². The lowest BCUT2D eigenvalue weighted by molar-refractivity contribution is 0.0594. The molecule has 0 atom stereocenters. The summed E-state index contributed by atoms with van der Waals surface area (Å²) in [6, 6.07) is 3.75. The van der Waals surface area contributed by atoms with Gasteiger partial charge in [0.05, 0.1) is 19.3 Å². The molecule has 0 unspecified atom stereocenters. The Morgan fingerprint density at radius 2 is 1.71 bits per heavy atom. The van der Waals surface area contributed by atoms with E-state index in [9.17, 15) is 18.0 Å². The molecule has 0 bridgehead atoms. The Hall–Kier alpha value is -2.61. The SMILES string of the molecule is COCCOc1cc(F)c(-c2nc(C(=O)OC)ccc2F)c(F)c1. The molecule has 128 valence electrons. The maximum atomic E-state index is 14.2. The summed E-state index contributed by atoms with van der Waals surface area (Å²) in [4.78, 5) is 15.1. The van der Waals surface area contributed by atoms with E-state index in [2.05, 4.69) is 9.72 Å². The van der Waals surface area contributed by atoms with Gasteiger partial charge in [-0.1, -0.05) is 0 Å². The molecule has 0 aliphatic heterocycles. The fraction of sp³-hybridized carbons (Fsp3) is 0.250. The molecule has 0 saturated heterocycles. The van der Waals surface area contributed by atoms with Crippen LogP contribution in [0.3, 0.4) is 0 Å². The second kappa shape index (κ2) is 7.78. The molecular weight excluding hydrogens is 327 g/mol. The Morgan fingerprint density at radius 3 is 2.29 bits per heavy atom. The Kier molecular flexibility index (Phi) is 5.75. The highest BCUT2D eigenvalue weighted by molar-refractivity contribution is 5.87. The van der Waals surface area contributed by atoms with E-state index in [4.69, 9.17) is 9.47 Å². The van der Waals surface area contributed by atoms with E-state index >= 15 is 0 Å². The highest BCUT2D eigenvalue weighted by atomic mass is 19.1. The maximum absolute atomic E-state index is 14.2. The van der Waals surface area contributed by atoms with Gasteiger partial charge in [-0.3, -0.25) is 0 Å². The van der Waals surface area contributed by atoms with Gasteiger partial charge in [0.2, 0.25) is 0 Å². The van der Waals surface area contributed by atoms with E-state index < -0.39 is 34.7 Å². The molecule has 1 aromatic carbocycles. The predicted molar refractivity (Wildman–Crippen MR) is 78.3 cm³/mol. The smallest absolute Gasteiger partial charge is 0.356 e. The zero-order chi connectivity index (χ0) is 17.7. The predicted octanol–water partition coefficient (Wildman–Crippen LogP) is 2.98. The van der Waals surface area contributed by atoms with Crippen LogP contribution in [0.15, 0.2) is 24.3 Å². The number of ether oxygens (including phenoxy) is 3. The van der Waals surface area contributed by atoms with Crippen LogP contribution in [-0.2, 0) is 9.47 Å². The number of aromatic nitrogens is 1. The van der Waals surface area contributed by atoms with Gasteiger partial charge in [-0.25, -0.2) is 22.9 Å². The van der Waals surface area contributed by atoms with E-state index in [0.717, 1.165) is 31.4 Å². The third-order valence-electron chi connectivity index (χ3n) is 3.05. The highest BCUT2D eigenvalue weighted by Gasteiger charge is 2.21. The summed E-state index contributed by atoms with van der Waals surface area (Å²) in [5, 5.41) is 0. The van der Waals surface area contributed by atoms with Crippen LogP contribution < -0.4 is 4.74 Å². The number of methoxy groups -OCH3 is 2. The molecule has 1 aromatic heterocycles. The minimum Gasteiger partial charge on any atom is -0.491 e. The molecule has 24 heavy (non-hydrogen) atoms. The summed E-state index contributed by atoms with van der Waals surface area (Å²) in [7, 11) is 2.57. The topological polar surface area (TPSA) is 57.7 Å². The summed E-state index contributed by atoms with van der Waals surface area (Å²) >= 11 is 0.